The molecule has 1 amide bonds. The van der Waals surface area contributed by atoms with Crippen LogP contribution in [0.3, 0.4) is 0 Å². The third kappa shape index (κ3) is 3.47. The van der Waals surface area contributed by atoms with Gasteiger partial charge in [-0.05, 0) is 53.6 Å². The van der Waals surface area contributed by atoms with Crippen LogP contribution in [-0.2, 0) is 16.1 Å². The fraction of sp³-hybridized carbons (Fsp3) is 0.182. The maximum absolute atomic E-state index is 13.0. The third-order valence-corrected chi connectivity index (χ3v) is 6.73. The number of aryl methyl sites for hydroxylation is 1. The number of methoxy groups -OCH3 is 1. The zero-order valence-electron chi connectivity index (χ0n) is 15.9. The van der Waals surface area contributed by atoms with Crippen molar-refractivity contribution < 1.29 is 19.4 Å². The number of carbonyl (C=O) groups excluding carboxylic acids is 2. The Kier molecular flexibility index (Phi) is 5.25. The molecule has 148 valence electrons. The minimum Gasteiger partial charge on any atom is -0.507 e. The van der Waals surface area contributed by atoms with Crippen molar-refractivity contribution in [3.8, 4) is 5.75 Å². The molecule has 1 aliphatic heterocycles. The summed E-state index contributed by atoms with van der Waals surface area (Å²) in [5.41, 5.74) is 1.40. The van der Waals surface area contributed by atoms with Crippen molar-refractivity contribution in [2.75, 3.05) is 7.11 Å². The van der Waals surface area contributed by atoms with Gasteiger partial charge in [-0.25, -0.2) is 0 Å². The van der Waals surface area contributed by atoms with Crippen molar-refractivity contribution >= 4 is 40.1 Å². The number of nitrogens with zero attached hydrogens (tertiary/aromatic N) is 1. The van der Waals surface area contributed by atoms with Crippen LogP contribution in [0, 0.1) is 6.92 Å². The molecule has 2 aromatic heterocycles. The number of hydrogen-bond acceptors (Lipinski definition) is 6. The van der Waals surface area contributed by atoms with Gasteiger partial charge in [0.2, 0.25) is 0 Å². The summed E-state index contributed by atoms with van der Waals surface area (Å²) < 4.78 is 5.23. The van der Waals surface area contributed by atoms with Gasteiger partial charge in [0.15, 0.2) is 0 Å². The highest BCUT2D eigenvalue weighted by molar-refractivity contribution is 7.10. The Balaban J connectivity index is 1.85. The molecule has 0 bridgehead atoms. The standard InChI is InChI=1S/C22H19NO4S2/c1-13-11-14(27-2)7-8-16(13)20(24)18-19(17-6-4-10-29-17)23(22(26)21(18)25)12-15-5-3-9-28-15/h3-11,19,24H,12H2,1-2H3/b20-18-. The summed E-state index contributed by atoms with van der Waals surface area (Å²) in [6, 6.07) is 12.2. The average molecular weight is 426 g/mol. The molecule has 0 spiro atoms. The first-order valence-electron chi connectivity index (χ1n) is 9.00. The number of aliphatic hydroxyl groups excluding tert-OH is 1. The summed E-state index contributed by atoms with van der Waals surface area (Å²) >= 11 is 2.99. The van der Waals surface area contributed by atoms with E-state index >= 15 is 0 Å². The molecule has 7 heteroatoms. The van der Waals surface area contributed by atoms with Crippen molar-refractivity contribution in [3.63, 3.8) is 0 Å². The van der Waals surface area contributed by atoms with Crippen LogP contribution in [-0.4, -0.2) is 28.8 Å². The van der Waals surface area contributed by atoms with Gasteiger partial charge in [0.05, 0.1) is 19.2 Å². The summed E-state index contributed by atoms with van der Waals surface area (Å²) in [4.78, 5) is 29.2. The van der Waals surface area contributed by atoms with Gasteiger partial charge in [0.1, 0.15) is 17.6 Å². The molecule has 1 aromatic carbocycles. The molecule has 0 saturated carbocycles. The normalized spacial score (nSPS) is 18.4. The first-order chi connectivity index (χ1) is 14.0. The van der Waals surface area contributed by atoms with E-state index in [1.165, 1.54) is 22.7 Å². The van der Waals surface area contributed by atoms with Gasteiger partial charge in [-0.15, -0.1) is 22.7 Å². The lowest BCUT2D eigenvalue weighted by atomic mass is 9.97. The zero-order valence-corrected chi connectivity index (χ0v) is 17.5. The van der Waals surface area contributed by atoms with Gasteiger partial charge in [-0.3, -0.25) is 9.59 Å². The van der Waals surface area contributed by atoms with E-state index in [-0.39, 0.29) is 11.3 Å². The monoisotopic (exact) mass is 425 g/mol. The van der Waals surface area contributed by atoms with Gasteiger partial charge in [-0.2, -0.15) is 0 Å². The van der Waals surface area contributed by atoms with Crippen molar-refractivity contribution in [1.29, 1.82) is 0 Å². The molecule has 5 nitrogen and oxygen atoms in total. The molecule has 1 atom stereocenters. The van der Waals surface area contributed by atoms with Crippen molar-refractivity contribution in [2.45, 2.75) is 19.5 Å². The first-order valence-corrected chi connectivity index (χ1v) is 10.8. The highest BCUT2D eigenvalue weighted by Gasteiger charge is 2.46. The van der Waals surface area contributed by atoms with E-state index in [9.17, 15) is 14.7 Å². The molecule has 0 radical (unpaired) electrons. The van der Waals surface area contributed by atoms with Crippen LogP contribution in [0.4, 0.5) is 0 Å². The minimum atomic E-state index is -0.660. The van der Waals surface area contributed by atoms with E-state index in [0.717, 1.165) is 15.3 Å². The number of likely N-dealkylation sites (tertiary alicyclic amines) is 1. The summed E-state index contributed by atoms with van der Waals surface area (Å²) in [6.45, 7) is 2.16. The Bertz CT molecular complexity index is 1080. The minimum absolute atomic E-state index is 0.127. The number of rotatable bonds is 5. The quantitative estimate of drug-likeness (QED) is 0.364. The second-order valence-corrected chi connectivity index (χ2v) is 8.71. The lowest BCUT2D eigenvalue weighted by Gasteiger charge is -2.23. The van der Waals surface area contributed by atoms with Crippen molar-refractivity contribution in [2.24, 2.45) is 0 Å². The summed E-state index contributed by atoms with van der Waals surface area (Å²) in [5.74, 6) is -0.750. The molecule has 1 N–H and O–H groups in total. The Labute approximate surface area is 176 Å². The number of Topliss-reactive ketones (excluding diaryl/α,β-unsaturated/α-hetero) is 1. The lowest BCUT2D eigenvalue weighted by molar-refractivity contribution is -0.140. The third-order valence-electron chi connectivity index (χ3n) is 4.95. The van der Waals surface area contributed by atoms with Gasteiger partial charge in [0, 0.05) is 15.3 Å². The van der Waals surface area contributed by atoms with Gasteiger partial charge in [0.25, 0.3) is 11.7 Å². The lowest BCUT2D eigenvalue weighted by Crippen LogP contribution is -2.28. The largest absolute Gasteiger partial charge is 0.507 e. The molecule has 3 aromatic rings. The maximum Gasteiger partial charge on any atom is 0.296 e. The van der Waals surface area contributed by atoms with E-state index in [2.05, 4.69) is 0 Å². The first kappa shape index (κ1) is 19.4. The predicted molar refractivity (Wildman–Crippen MR) is 114 cm³/mol. The van der Waals surface area contributed by atoms with Crippen LogP contribution in [0.25, 0.3) is 5.76 Å². The van der Waals surface area contributed by atoms with E-state index in [0.29, 0.717) is 17.9 Å². The molecule has 1 aliphatic rings. The van der Waals surface area contributed by atoms with E-state index in [4.69, 9.17) is 4.74 Å². The van der Waals surface area contributed by atoms with E-state index < -0.39 is 17.7 Å². The summed E-state index contributed by atoms with van der Waals surface area (Å²) in [6.07, 6.45) is 0. The molecule has 1 saturated heterocycles. The predicted octanol–water partition coefficient (Wildman–Crippen LogP) is 4.75. The molecular weight excluding hydrogens is 406 g/mol. The fourth-order valence-corrected chi connectivity index (χ4v) is 5.08. The molecule has 1 fully saturated rings. The van der Waals surface area contributed by atoms with Crippen LogP contribution >= 0.6 is 22.7 Å². The number of ketones is 1. The van der Waals surface area contributed by atoms with Crippen molar-refractivity contribution in [1.82, 2.24) is 4.90 Å². The van der Waals surface area contributed by atoms with Crippen LogP contribution < -0.4 is 4.74 Å². The van der Waals surface area contributed by atoms with Crippen LogP contribution in [0.2, 0.25) is 0 Å². The summed E-state index contributed by atoms with van der Waals surface area (Å²) in [7, 11) is 1.57. The van der Waals surface area contributed by atoms with Crippen LogP contribution in [0.15, 0.2) is 58.8 Å². The number of carbonyl (C=O) groups is 2. The summed E-state index contributed by atoms with van der Waals surface area (Å²) in [5, 5.41) is 15.0. The Hall–Kier alpha value is -2.90. The number of ether oxygens (including phenoxy) is 1. The number of hydrogen-bond donors (Lipinski definition) is 1. The van der Waals surface area contributed by atoms with Gasteiger partial charge in [-0.1, -0.05) is 12.1 Å². The molecule has 3 heterocycles. The number of aliphatic hydroxyl groups is 1. The Morgan fingerprint density at radius 2 is 1.90 bits per heavy atom. The second kappa shape index (κ2) is 7.85. The van der Waals surface area contributed by atoms with Crippen molar-refractivity contribution in [3.05, 3.63) is 79.7 Å². The topological polar surface area (TPSA) is 66.8 Å². The van der Waals surface area contributed by atoms with E-state index in [1.54, 1.807) is 30.2 Å². The zero-order chi connectivity index (χ0) is 20.5. The molecule has 4 rings (SSSR count). The SMILES string of the molecule is COc1ccc(/C(O)=C2/C(=O)C(=O)N(Cc3cccs3)C2c2cccs2)c(C)c1. The number of thiophene rings is 2. The van der Waals surface area contributed by atoms with Crippen LogP contribution in [0.1, 0.15) is 26.9 Å². The highest BCUT2D eigenvalue weighted by Crippen LogP contribution is 2.42. The Morgan fingerprint density at radius 1 is 1.14 bits per heavy atom. The fourth-order valence-electron chi connectivity index (χ4n) is 3.53. The van der Waals surface area contributed by atoms with Gasteiger partial charge < -0.3 is 14.7 Å². The maximum atomic E-state index is 13.0. The molecular formula is C22H19NO4S2. The molecule has 0 aliphatic carbocycles. The van der Waals surface area contributed by atoms with E-state index in [1.807, 2.05) is 41.9 Å². The molecule has 1 unspecified atom stereocenters. The number of amides is 1. The number of benzene rings is 1. The average Bonchev–Trinajstić information content (AvgIpc) is 3.46. The molecule has 29 heavy (non-hydrogen) atoms. The van der Waals surface area contributed by atoms with Gasteiger partial charge >= 0.3 is 0 Å². The second-order valence-electron chi connectivity index (χ2n) is 6.70. The highest BCUT2D eigenvalue weighted by atomic mass is 32.1. The smallest absolute Gasteiger partial charge is 0.296 e. The Morgan fingerprint density at radius 3 is 2.52 bits per heavy atom. The van der Waals surface area contributed by atoms with Crippen LogP contribution in [0.5, 0.6) is 5.75 Å².